The number of Topliss-reactive ketones (excluding diaryl/α,β-unsaturated/α-hetero) is 1. The summed E-state index contributed by atoms with van der Waals surface area (Å²) in [6.45, 7) is 9.04. The van der Waals surface area contributed by atoms with Crippen molar-refractivity contribution in [3.63, 3.8) is 0 Å². The van der Waals surface area contributed by atoms with Gasteiger partial charge in [0.15, 0.2) is 10.9 Å². The minimum Gasteiger partial charge on any atom is -0.348 e. The number of fused-ring (bicyclic) bond motifs is 1. The average Bonchev–Trinajstić information content (AvgIpc) is 3.10. The SMILES string of the molecule is Cc1cc(C(=O)CSc2nc3ccc(Cl)cc3c(=O)n2-c2ccc(F)cc2F)c(C)n1CCC(C)C. The quantitative estimate of drug-likeness (QED) is 0.144. The molecular formula is C27H26ClF2N3O2S. The Kier molecular flexibility index (Phi) is 7.66. The third kappa shape index (κ3) is 5.25. The lowest BCUT2D eigenvalue weighted by atomic mass is 10.1. The van der Waals surface area contributed by atoms with Gasteiger partial charge in [0.1, 0.15) is 11.6 Å². The molecule has 0 unspecified atom stereocenters. The molecule has 5 nitrogen and oxygen atoms in total. The Hall–Kier alpha value is -2.97. The fourth-order valence-corrected chi connectivity index (χ4v) is 5.19. The summed E-state index contributed by atoms with van der Waals surface area (Å²) in [5.74, 6) is -1.28. The van der Waals surface area contributed by atoms with E-state index in [1.807, 2.05) is 19.9 Å². The summed E-state index contributed by atoms with van der Waals surface area (Å²) in [6, 6.07) is 9.48. The highest BCUT2D eigenvalue weighted by molar-refractivity contribution is 7.99. The highest BCUT2D eigenvalue weighted by Crippen LogP contribution is 2.26. The van der Waals surface area contributed by atoms with Gasteiger partial charge in [-0.2, -0.15) is 0 Å². The smallest absolute Gasteiger partial charge is 0.266 e. The Balaban J connectivity index is 1.72. The average molecular weight is 530 g/mol. The molecule has 0 saturated heterocycles. The molecule has 4 rings (SSSR count). The van der Waals surface area contributed by atoms with Crippen LogP contribution in [0.1, 0.15) is 42.0 Å². The Morgan fingerprint density at radius 1 is 1.11 bits per heavy atom. The number of ketones is 1. The molecule has 0 saturated carbocycles. The first-order valence-electron chi connectivity index (χ1n) is 11.6. The van der Waals surface area contributed by atoms with Gasteiger partial charge in [-0.15, -0.1) is 0 Å². The molecule has 0 amide bonds. The molecule has 188 valence electrons. The zero-order chi connectivity index (χ0) is 26.1. The van der Waals surface area contributed by atoms with E-state index < -0.39 is 17.2 Å². The number of carbonyl (C=O) groups excluding carboxylic acids is 1. The van der Waals surface area contributed by atoms with E-state index in [0.29, 0.717) is 28.1 Å². The van der Waals surface area contributed by atoms with Crippen molar-refractivity contribution < 1.29 is 13.6 Å². The summed E-state index contributed by atoms with van der Waals surface area (Å²) in [4.78, 5) is 31.1. The molecule has 2 aromatic heterocycles. The lowest BCUT2D eigenvalue weighted by Crippen LogP contribution is -2.23. The van der Waals surface area contributed by atoms with Crippen molar-refractivity contribution in [2.45, 2.75) is 45.8 Å². The largest absolute Gasteiger partial charge is 0.348 e. The van der Waals surface area contributed by atoms with Crippen LogP contribution < -0.4 is 5.56 Å². The van der Waals surface area contributed by atoms with E-state index in [0.717, 1.165) is 46.7 Å². The summed E-state index contributed by atoms with van der Waals surface area (Å²) in [5, 5.41) is 0.647. The molecule has 0 spiro atoms. The predicted octanol–water partition coefficient (Wildman–Crippen LogP) is 6.76. The van der Waals surface area contributed by atoms with Crippen LogP contribution in [-0.4, -0.2) is 25.7 Å². The van der Waals surface area contributed by atoms with Crippen LogP contribution in [0.4, 0.5) is 8.78 Å². The highest BCUT2D eigenvalue weighted by Gasteiger charge is 2.20. The standard InChI is InChI=1S/C27H26ClF2N3O2S/c1-15(2)9-10-32-16(3)11-20(17(32)4)25(34)14-36-27-31-23-7-5-18(28)12-21(23)26(35)33(27)24-8-6-19(29)13-22(24)30/h5-8,11-13,15H,9-10,14H2,1-4H3. The van der Waals surface area contributed by atoms with E-state index in [9.17, 15) is 18.4 Å². The highest BCUT2D eigenvalue weighted by atomic mass is 35.5. The van der Waals surface area contributed by atoms with Crippen LogP contribution in [0.25, 0.3) is 16.6 Å². The number of aromatic nitrogens is 3. The number of nitrogens with zero attached hydrogens (tertiary/aromatic N) is 3. The van der Waals surface area contributed by atoms with Crippen molar-refractivity contribution in [3.05, 3.63) is 86.4 Å². The Labute approximate surface area is 217 Å². The zero-order valence-corrected chi connectivity index (χ0v) is 22.0. The van der Waals surface area contributed by atoms with Crippen LogP contribution in [0.5, 0.6) is 0 Å². The van der Waals surface area contributed by atoms with E-state index in [2.05, 4.69) is 23.4 Å². The molecule has 2 aromatic carbocycles. The lowest BCUT2D eigenvalue weighted by molar-refractivity contribution is 0.102. The van der Waals surface area contributed by atoms with Gasteiger partial charge in [-0.1, -0.05) is 37.2 Å². The molecule has 0 aliphatic heterocycles. The summed E-state index contributed by atoms with van der Waals surface area (Å²) in [7, 11) is 0. The van der Waals surface area contributed by atoms with Gasteiger partial charge in [-0.05, 0) is 62.6 Å². The van der Waals surface area contributed by atoms with Crippen molar-refractivity contribution in [2.75, 3.05) is 5.75 Å². The number of rotatable bonds is 8. The summed E-state index contributed by atoms with van der Waals surface area (Å²) in [6.07, 6.45) is 0.999. The molecule has 2 heterocycles. The molecular weight excluding hydrogens is 504 g/mol. The monoisotopic (exact) mass is 529 g/mol. The first-order chi connectivity index (χ1) is 17.1. The van der Waals surface area contributed by atoms with E-state index in [1.165, 1.54) is 12.1 Å². The number of hydrogen-bond donors (Lipinski definition) is 0. The van der Waals surface area contributed by atoms with Gasteiger partial charge in [-0.3, -0.25) is 14.2 Å². The minimum atomic E-state index is -0.915. The van der Waals surface area contributed by atoms with Gasteiger partial charge in [0, 0.05) is 34.6 Å². The molecule has 0 fully saturated rings. The number of hydrogen-bond acceptors (Lipinski definition) is 4. The maximum Gasteiger partial charge on any atom is 0.266 e. The second-order valence-corrected chi connectivity index (χ2v) is 10.5. The van der Waals surface area contributed by atoms with Crippen molar-refractivity contribution in [1.82, 2.24) is 14.1 Å². The molecule has 4 aromatic rings. The lowest BCUT2D eigenvalue weighted by Gasteiger charge is -2.14. The van der Waals surface area contributed by atoms with Crippen LogP contribution in [0.3, 0.4) is 0 Å². The second kappa shape index (κ2) is 10.6. The van der Waals surface area contributed by atoms with E-state index >= 15 is 0 Å². The van der Waals surface area contributed by atoms with Gasteiger partial charge in [0.05, 0.1) is 22.3 Å². The Morgan fingerprint density at radius 2 is 1.86 bits per heavy atom. The second-order valence-electron chi connectivity index (χ2n) is 9.12. The van der Waals surface area contributed by atoms with Gasteiger partial charge in [0.25, 0.3) is 5.56 Å². The van der Waals surface area contributed by atoms with Gasteiger partial charge >= 0.3 is 0 Å². The fraction of sp³-hybridized carbons (Fsp3) is 0.296. The van der Waals surface area contributed by atoms with Crippen LogP contribution >= 0.6 is 23.4 Å². The Morgan fingerprint density at radius 3 is 2.56 bits per heavy atom. The summed E-state index contributed by atoms with van der Waals surface area (Å²) >= 11 is 7.10. The number of aryl methyl sites for hydroxylation is 1. The number of halogens is 3. The maximum absolute atomic E-state index is 14.7. The third-order valence-electron chi connectivity index (χ3n) is 6.09. The van der Waals surface area contributed by atoms with Gasteiger partial charge in [0.2, 0.25) is 0 Å². The first kappa shape index (κ1) is 26.1. The van der Waals surface area contributed by atoms with Crippen LogP contribution in [-0.2, 0) is 6.54 Å². The van der Waals surface area contributed by atoms with Crippen LogP contribution in [0.15, 0.2) is 52.4 Å². The van der Waals surface area contributed by atoms with Crippen molar-refractivity contribution in [2.24, 2.45) is 5.92 Å². The number of benzene rings is 2. The molecule has 0 N–H and O–H groups in total. The van der Waals surface area contributed by atoms with Gasteiger partial charge in [-0.25, -0.2) is 13.8 Å². The predicted molar refractivity (Wildman–Crippen MR) is 141 cm³/mol. The summed E-state index contributed by atoms with van der Waals surface area (Å²) in [5.41, 5.74) is 2.16. The third-order valence-corrected chi connectivity index (χ3v) is 7.26. The number of carbonyl (C=O) groups is 1. The van der Waals surface area contributed by atoms with Crippen LogP contribution in [0.2, 0.25) is 5.02 Å². The van der Waals surface area contributed by atoms with Crippen molar-refractivity contribution in [3.8, 4) is 5.69 Å². The molecule has 0 atom stereocenters. The molecule has 0 bridgehead atoms. The fourth-order valence-electron chi connectivity index (χ4n) is 4.13. The van der Waals surface area contributed by atoms with Crippen LogP contribution in [0, 0.1) is 31.4 Å². The zero-order valence-electron chi connectivity index (χ0n) is 20.4. The molecule has 0 radical (unpaired) electrons. The van der Waals surface area contributed by atoms with E-state index in [1.54, 1.807) is 12.1 Å². The normalized spacial score (nSPS) is 11.6. The van der Waals surface area contributed by atoms with E-state index in [4.69, 9.17) is 11.6 Å². The maximum atomic E-state index is 14.7. The first-order valence-corrected chi connectivity index (χ1v) is 12.9. The Bertz CT molecular complexity index is 1530. The number of thioether (sulfide) groups is 1. The van der Waals surface area contributed by atoms with Gasteiger partial charge < -0.3 is 4.57 Å². The molecule has 36 heavy (non-hydrogen) atoms. The molecule has 9 heteroatoms. The molecule has 0 aliphatic carbocycles. The van der Waals surface area contributed by atoms with Crippen molar-refractivity contribution in [1.29, 1.82) is 0 Å². The summed E-state index contributed by atoms with van der Waals surface area (Å²) < 4.78 is 31.5. The molecule has 0 aliphatic rings. The minimum absolute atomic E-state index is 0.0111. The van der Waals surface area contributed by atoms with E-state index in [-0.39, 0.29) is 27.8 Å². The topological polar surface area (TPSA) is 56.9 Å². The van der Waals surface area contributed by atoms with Crippen molar-refractivity contribution >= 4 is 40.0 Å².